The highest BCUT2D eigenvalue weighted by atomic mass is 16.5. The maximum atomic E-state index is 14.6. The summed E-state index contributed by atoms with van der Waals surface area (Å²) in [5.74, 6) is -2.21. The van der Waals surface area contributed by atoms with Crippen molar-refractivity contribution in [2.75, 3.05) is 26.8 Å². The van der Waals surface area contributed by atoms with Crippen molar-refractivity contribution < 1.29 is 28.7 Å². The number of nitrogens with zero attached hydrogens (tertiary/aromatic N) is 1. The highest BCUT2D eigenvalue weighted by molar-refractivity contribution is 6.38. The van der Waals surface area contributed by atoms with Crippen molar-refractivity contribution in [3.63, 3.8) is 0 Å². The number of urea groups is 1. The standard InChI is InChI=1S/C34H55N5O6/c1-9-11-15-23(27(40)30(42)35-18-10-2)36-29(41)26-25-22(33(25,5)6)19-39(26)31(43)28(34(7)16-13-12-14-17-34)38-32(44)37-24(20-45-8)21(3)4/h10,22-26,28H,2-3,9,11-20H2,1,4-8H3,(H,35,42)(H,36,41)(H2,37,38,44)/t22-,23?,24+,25-,26-,28+/m0/s1. The summed E-state index contributed by atoms with van der Waals surface area (Å²) < 4.78 is 5.24. The summed E-state index contributed by atoms with van der Waals surface area (Å²) in [6.45, 7) is 18.3. The van der Waals surface area contributed by atoms with E-state index >= 15 is 0 Å². The molecule has 11 heteroatoms. The molecular formula is C34H55N5O6. The number of Topliss-reactive ketones (excluding diaryl/α,β-unsaturated/α-hetero) is 1. The van der Waals surface area contributed by atoms with E-state index in [2.05, 4.69) is 48.3 Å². The van der Waals surface area contributed by atoms with Gasteiger partial charge in [0.1, 0.15) is 12.1 Å². The smallest absolute Gasteiger partial charge is 0.316 e. The number of methoxy groups -OCH3 is 1. The van der Waals surface area contributed by atoms with Crippen LogP contribution in [0, 0.1) is 22.7 Å². The number of amides is 5. The highest BCUT2D eigenvalue weighted by Gasteiger charge is 2.70. The molecule has 2 aliphatic carbocycles. The molecule has 11 nitrogen and oxygen atoms in total. The molecule has 4 N–H and O–H groups in total. The van der Waals surface area contributed by atoms with Gasteiger partial charge in [0, 0.05) is 20.2 Å². The summed E-state index contributed by atoms with van der Waals surface area (Å²) >= 11 is 0. The Morgan fingerprint density at radius 2 is 1.69 bits per heavy atom. The summed E-state index contributed by atoms with van der Waals surface area (Å²) in [6.07, 6.45) is 7.70. The van der Waals surface area contributed by atoms with E-state index in [9.17, 15) is 24.0 Å². The summed E-state index contributed by atoms with van der Waals surface area (Å²) in [5.41, 5.74) is 0.0638. The highest BCUT2D eigenvalue weighted by Crippen LogP contribution is 2.65. The molecule has 1 saturated heterocycles. The lowest BCUT2D eigenvalue weighted by Crippen LogP contribution is -2.63. The monoisotopic (exact) mass is 629 g/mol. The third-order valence-electron chi connectivity index (χ3n) is 10.3. The Morgan fingerprint density at radius 3 is 2.27 bits per heavy atom. The van der Waals surface area contributed by atoms with Crippen molar-refractivity contribution in [3.05, 3.63) is 24.8 Å². The van der Waals surface area contributed by atoms with Crippen LogP contribution in [-0.4, -0.2) is 85.4 Å². The number of ketones is 1. The molecule has 1 aliphatic heterocycles. The van der Waals surface area contributed by atoms with E-state index < -0.39 is 53.2 Å². The average Bonchev–Trinajstić information content (AvgIpc) is 3.30. The van der Waals surface area contributed by atoms with Crippen LogP contribution < -0.4 is 21.3 Å². The number of likely N-dealkylation sites (tertiary alicyclic amines) is 1. The first-order valence-corrected chi connectivity index (χ1v) is 16.5. The van der Waals surface area contributed by atoms with Gasteiger partial charge in [0.25, 0.3) is 5.91 Å². The fraction of sp³-hybridized carbons (Fsp3) is 0.735. The third kappa shape index (κ3) is 8.34. The van der Waals surface area contributed by atoms with E-state index in [-0.39, 0.29) is 36.3 Å². The van der Waals surface area contributed by atoms with Crippen LogP contribution >= 0.6 is 0 Å². The number of carbonyl (C=O) groups is 5. The molecule has 3 fully saturated rings. The van der Waals surface area contributed by atoms with Crippen LogP contribution in [0.3, 0.4) is 0 Å². The average molecular weight is 630 g/mol. The molecule has 3 aliphatic rings. The molecule has 0 aromatic rings. The Morgan fingerprint density at radius 1 is 1.02 bits per heavy atom. The Labute approximate surface area is 268 Å². The Kier molecular flexibility index (Phi) is 12.4. The van der Waals surface area contributed by atoms with Crippen LogP contribution in [0.2, 0.25) is 0 Å². The first-order valence-electron chi connectivity index (χ1n) is 16.5. The first kappa shape index (κ1) is 36.3. The quantitative estimate of drug-likeness (QED) is 0.152. The summed E-state index contributed by atoms with van der Waals surface area (Å²) in [6, 6.07) is -3.60. The van der Waals surface area contributed by atoms with Gasteiger partial charge in [0.05, 0.1) is 18.7 Å². The molecule has 0 aromatic carbocycles. The molecule has 3 rings (SSSR count). The number of carbonyl (C=O) groups excluding carboxylic acids is 5. The van der Waals surface area contributed by atoms with Crippen LogP contribution in [0.15, 0.2) is 24.8 Å². The molecule has 6 atom stereocenters. The number of hydrogen-bond acceptors (Lipinski definition) is 6. The van der Waals surface area contributed by atoms with Crippen molar-refractivity contribution in [2.24, 2.45) is 22.7 Å². The van der Waals surface area contributed by atoms with Crippen molar-refractivity contribution >= 4 is 29.5 Å². The number of rotatable bonds is 16. The van der Waals surface area contributed by atoms with Crippen molar-refractivity contribution in [1.82, 2.24) is 26.2 Å². The predicted molar refractivity (Wildman–Crippen MR) is 173 cm³/mol. The Hall–Kier alpha value is -3.21. The minimum Gasteiger partial charge on any atom is -0.382 e. The second kappa shape index (κ2) is 15.4. The molecule has 1 heterocycles. The van der Waals surface area contributed by atoms with Gasteiger partial charge < -0.3 is 30.9 Å². The topological polar surface area (TPSA) is 146 Å². The largest absolute Gasteiger partial charge is 0.382 e. The number of ether oxygens (including phenoxy) is 1. The molecule has 45 heavy (non-hydrogen) atoms. The maximum absolute atomic E-state index is 14.6. The van der Waals surface area contributed by atoms with Gasteiger partial charge in [-0.05, 0) is 48.9 Å². The van der Waals surface area contributed by atoms with Crippen molar-refractivity contribution in [1.29, 1.82) is 0 Å². The second-order valence-electron chi connectivity index (χ2n) is 14.1. The molecule has 252 valence electrons. The summed E-state index contributed by atoms with van der Waals surface area (Å²) in [5, 5.41) is 11.3. The predicted octanol–water partition coefficient (Wildman–Crippen LogP) is 3.25. The number of hydrogen-bond donors (Lipinski definition) is 4. The maximum Gasteiger partial charge on any atom is 0.316 e. The molecule has 0 radical (unpaired) electrons. The van der Waals surface area contributed by atoms with Crippen LogP contribution in [0.5, 0.6) is 0 Å². The van der Waals surface area contributed by atoms with E-state index in [4.69, 9.17) is 4.74 Å². The zero-order valence-electron chi connectivity index (χ0n) is 28.1. The van der Waals surface area contributed by atoms with Crippen molar-refractivity contribution in [3.8, 4) is 0 Å². The number of unbranched alkanes of at least 4 members (excludes halogenated alkanes) is 1. The minimum atomic E-state index is -1.00. The SMILES string of the molecule is C=CCNC(=O)C(=O)C(CCCC)NC(=O)[C@@H]1[C@@H]2[C@H](CN1C(=O)[C@@H](NC(=O)N[C@H](COC)C(=C)C)C1(C)CCCCC1)C2(C)C. The normalized spacial score (nSPS) is 24.7. The van der Waals surface area contributed by atoms with E-state index in [1.807, 2.05) is 13.8 Å². The van der Waals surface area contributed by atoms with Gasteiger partial charge in [0.15, 0.2) is 0 Å². The lowest BCUT2D eigenvalue weighted by Gasteiger charge is -2.43. The van der Waals surface area contributed by atoms with Gasteiger partial charge >= 0.3 is 6.03 Å². The van der Waals surface area contributed by atoms with Crippen LogP contribution in [-0.2, 0) is 23.9 Å². The molecule has 2 saturated carbocycles. The zero-order valence-corrected chi connectivity index (χ0v) is 28.1. The van der Waals surface area contributed by atoms with Gasteiger partial charge in [-0.15, -0.1) is 6.58 Å². The van der Waals surface area contributed by atoms with E-state index in [0.29, 0.717) is 19.4 Å². The van der Waals surface area contributed by atoms with Crippen LogP contribution in [0.4, 0.5) is 4.79 Å². The van der Waals surface area contributed by atoms with Crippen LogP contribution in [0.1, 0.15) is 86.0 Å². The van der Waals surface area contributed by atoms with Gasteiger partial charge in [-0.25, -0.2) is 4.79 Å². The first-order chi connectivity index (χ1) is 21.2. The van der Waals surface area contributed by atoms with Gasteiger partial charge in [-0.3, -0.25) is 19.2 Å². The lowest BCUT2D eigenvalue weighted by molar-refractivity contribution is -0.146. The minimum absolute atomic E-state index is 0.0962. The molecule has 0 aromatic heterocycles. The van der Waals surface area contributed by atoms with Crippen molar-refractivity contribution in [2.45, 2.75) is 110 Å². The number of fused-ring (bicyclic) bond motifs is 1. The number of nitrogens with one attached hydrogen (secondary N) is 4. The molecule has 0 spiro atoms. The molecule has 0 bridgehead atoms. The van der Waals surface area contributed by atoms with Gasteiger partial charge in [-0.2, -0.15) is 0 Å². The fourth-order valence-electron chi connectivity index (χ4n) is 7.31. The lowest BCUT2D eigenvalue weighted by atomic mass is 9.70. The summed E-state index contributed by atoms with van der Waals surface area (Å²) in [4.78, 5) is 69.2. The van der Waals surface area contributed by atoms with Crippen LogP contribution in [0.25, 0.3) is 0 Å². The summed E-state index contributed by atoms with van der Waals surface area (Å²) in [7, 11) is 1.55. The van der Waals surface area contributed by atoms with E-state index in [1.165, 1.54) is 6.08 Å². The molecule has 1 unspecified atom stereocenters. The van der Waals surface area contributed by atoms with Gasteiger partial charge in [0.2, 0.25) is 17.6 Å². The van der Waals surface area contributed by atoms with E-state index in [0.717, 1.165) is 44.1 Å². The molecular weight excluding hydrogens is 574 g/mol. The van der Waals surface area contributed by atoms with Gasteiger partial charge in [-0.1, -0.05) is 78.0 Å². The molecule has 5 amide bonds. The fourth-order valence-corrected chi connectivity index (χ4v) is 7.31. The third-order valence-corrected chi connectivity index (χ3v) is 10.3. The Balaban J connectivity index is 1.89. The zero-order chi connectivity index (χ0) is 33.5. The van der Waals surface area contributed by atoms with E-state index in [1.54, 1.807) is 18.9 Å². The Bertz CT molecular complexity index is 1150. The second-order valence-corrected chi connectivity index (χ2v) is 14.1. The number of piperidine rings is 1.